The van der Waals surface area contributed by atoms with Gasteiger partial charge in [0.2, 0.25) is 0 Å². The standard InChI is InChI=1S/C12H21N3O4/c1-14-4-2-3-8(6-14)13-12(19)15-7-9(16)5-10(15)11(17)18/h8-10,16H,2-7H2,1H3,(H,13,19)(H,17,18)/t8?,9-,10-/m1/s1. The summed E-state index contributed by atoms with van der Waals surface area (Å²) in [6.07, 6.45) is 1.28. The highest BCUT2D eigenvalue weighted by Gasteiger charge is 2.39. The molecule has 0 saturated carbocycles. The summed E-state index contributed by atoms with van der Waals surface area (Å²) in [6.45, 7) is 1.89. The first-order valence-corrected chi connectivity index (χ1v) is 6.64. The van der Waals surface area contributed by atoms with Crippen LogP contribution >= 0.6 is 0 Å². The molecule has 2 rings (SSSR count). The molecule has 108 valence electrons. The zero-order chi connectivity index (χ0) is 14.0. The number of aliphatic hydroxyl groups is 1. The largest absolute Gasteiger partial charge is 0.480 e. The molecule has 0 aromatic heterocycles. The van der Waals surface area contributed by atoms with E-state index < -0.39 is 18.1 Å². The molecule has 2 aliphatic heterocycles. The van der Waals surface area contributed by atoms with Crippen LogP contribution in [0.5, 0.6) is 0 Å². The second-order valence-corrected chi connectivity index (χ2v) is 5.45. The van der Waals surface area contributed by atoms with Crippen molar-refractivity contribution in [3.05, 3.63) is 0 Å². The van der Waals surface area contributed by atoms with E-state index in [2.05, 4.69) is 10.2 Å². The molecule has 2 fully saturated rings. The number of carbonyl (C=O) groups is 2. The lowest BCUT2D eigenvalue weighted by Crippen LogP contribution is -2.53. The van der Waals surface area contributed by atoms with Gasteiger partial charge in [-0.3, -0.25) is 0 Å². The molecule has 0 radical (unpaired) electrons. The minimum absolute atomic E-state index is 0.0541. The maximum Gasteiger partial charge on any atom is 0.326 e. The number of carboxylic acids is 1. The predicted molar refractivity (Wildman–Crippen MR) is 67.8 cm³/mol. The molecule has 2 heterocycles. The zero-order valence-corrected chi connectivity index (χ0v) is 11.1. The maximum atomic E-state index is 12.1. The van der Waals surface area contributed by atoms with Crippen LogP contribution in [-0.2, 0) is 4.79 Å². The van der Waals surface area contributed by atoms with Gasteiger partial charge in [-0.15, -0.1) is 0 Å². The van der Waals surface area contributed by atoms with Crippen LogP contribution in [0.4, 0.5) is 4.79 Å². The molecule has 0 aliphatic carbocycles. The zero-order valence-electron chi connectivity index (χ0n) is 11.1. The molecule has 0 aromatic rings. The summed E-state index contributed by atoms with van der Waals surface area (Å²) in [7, 11) is 2.00. The number of likely N-dealkylation sites (N-methyl/N-ethyl adjacent to an activating group) is 1. The van der Waals surface area contributed by atoms with E-state index in [1.54, 1.807) is 0 Å². The number of nitrogens with zero attached hydrogens (tertiary/aromatic N) is 2. The monoisotopic (exact) mass is 271 g/mol. The average molecular weight is 271 g/mol. The van der Waals surface area contributed by atoms with Crippen molar-refractivity contribution in [3.63, 3.8) is 0 Å². The Morgan fingerprint density at radius 1 is 1.32 bits per heavy atom. The van der Waals surface area contributed by atoms with Gasteiger partial charge in [0, 0.05) is 25.6 Å². The number of hydrogen-bond donors (Lipinski definition) is 3. The Morgan fingerprint density at radius 3 is 2.68 bits per heavy atom. The number of likely N-dealkylation sites (tertiary alicyclic amines) is 2. The topological polar surface area (TPSA) is 93.1 Å². The highest BCUT2D eigenvalue weighted by Crippen LogP contribution is 2.19. The van der Waals surface area contributed by atoms with E-state index in [-0.39, 0.29) is 25.0 Å². The van der Waals surface area contributed by atoms with E-state index in [4.69, 9.17) is 5.11 Å². The van der Waals surface area contributed by atoms with Gasteiger partial charge in [-0.05, 0) is 26.4 Å². The highest BCUT2D eigenvalue weighted by molar-refractivity contribution is 5.83. The fourth-order valence-corrected chi connectivity index (χ4v) is 2.81. The molecular weight excluding hydrogens is 250 g/mol. The van der Waals surface area contributed by atoms with Gasteiger partial charge < -0.3 is 25.3 Å². The summed E-state index contributed by atoms with van der Waals surface area (Å²) in [4.78, 5) is 26.5. The predicted octanol–water partition coefficient (Wildman–Crippen LogP) is -0.690. The molecule has 2 saturated heterocycles. The Balaban J connectivity index is 1.93. The van der Waals surface area contributed by atoms with Gasteiger partial charge >= 0.3 is 12.0 Å². The number of β-amino-alcohol motifs (C(OH)–C–C–N with tert-alkyl or cyclic N) is 1. The summed E-state index contributed by atoms with van der Waals surface area (Å²) in [5, 5.41) is 21.4. The van der Waals surface area contributed by atoms with Crippen molar-refractivity contribution < 1.29 is 19.8 Å². The molecule has 2 aliphatic rings. The lowest BCUT2D eigenvalue weighted by atomic mass is 10.1. The molecule has 3 atom stereocenters. The number of carboxylic acid groups (broad SMARTS) is 1. The average Bonchev–Trinajstić information content (AvgIpc) is 2.71. The first-order valence-electron chi connectivity index (χ1n) is 6.64. The van der Waals surface area contributed by atoms with Gasteiger partial charge in [0.15, 0.2) is 0 Å². The first-order chi connectivity index (χ1) is 8.97. The van der Waals surface area contributed by atoms with Gasteiger partial charge in [-0.25, -0.2) is 9.59 Å². The molecule has 2 amide bonds. The summed E-state index contributed by atoms with van der Waals surface area (Å²) < 4.78 is 0. The third-order valence-electron chi connectivity index (χ3n) is 3.78. The molecule has 19 heavy (non-hydrogen) atoms. The summed E-state index contributed by atoms with van der Waals surface area (Å²) in [6, 6.07) is -1.25. The van der Waals surface area contributed by atoms with Crippen LogP contribution < -0.4 is 5.32 Å². The Hall–Kier alpha value is -1.34. The Morgan fingerprint density at radius 2 is 2.05 bits per heavy atom. The second kappa shape index (κ2) is 5.75. The van der Waals surface area contributed by atoms with Crippen molar-refractivity contribution in [1.82, 2.24) is 15.1 Å². The number of aliphatic carboxylic acids is 1. The third-order valence-corrected chi connectivity index (χ3v) is 3.78. The van der Waals surface area contributed by atoms with Crippen LogP contribution in [0.2, 0.25) is 0 Å². The molecule has 7 nitrogen and oxygen atoms in total. The molecule has 0 bridgehead atoms. The Bertz CT molecular complexity index is 363. The lowest BCUT2D eigenvalue weighted by molar-refractivity contribution is -0.141. The van der Waals surface area contributed by atoms with Crippen molar-refractivity contribution in [3.8, 4) is 0 Å². The molecular formula is C12H21N3O4. The van der Waals surface area contributed by atoms with Gasteiger partial charge in [0.1, 0.15) is 6.04 Å². The summed E-state index contributed by atoms with van der Waals surface area (Å²) in [5.74, 6) is -1.06. The molecule has 3 N–H and O–H groups in total. The van der Waals surface area contributed by atoms with Crippen molar-refractivity contribution >= 4 is 12.0 Å². The van der Waals surface area contributed by atoms with Gasteiger partial charge in [0.05, 0.1) is 6.10 Å². The second-order valence-electron chi connectivity index (χ2n) is 5.45. The van der Waals surface area contributed by atoms with Crippen molar-refractivity contribution in [2.24, 2.45) is 0 Å². The minimum atomic E-state index is -1.06. The van der Waals surface area contributed by atoms with Gasteiger partial charge in [-0.1, -0.05) is 0 Å². The summed E-state index contributed by atoms with van der Waals surface area (Å²) >= 11 is 0. The minimum Gasteiger partial charge on any atom is -0.480 e. The quantitative estimate of drug-likeness (QED) is 0.618. The van der Waals surface area contributed by atoms with E-state index in [1.165, 1.54) is 4.90 Å². The Kier molecular flexibility index (Phi) is 4.26. The van der Waals surface area contributed by atoms with Crippen LogP contribution in [0, 0.1) is 0 Å². The lowest BCUT2D eigenvalue weighted by Gasteiger charge is -2.32. The number of aliphatic hydroxyl groups excluding tert-OH is 1. The molecule has 1 unspecified atom stereocenters. The molecule has 0 spiro atoms. The third kappa shape index (κ3) is 3.36. The van der Waals surface area contributed by atoms with Crippen LogP contribution in [0.15, 0.2) is 0 Å². The van der Waals surface area contributed by atoms with E-state index in [0.29, 0.717) is 0 Å². The molecule has 7 heteroatoms. The normalized spacial score (nSPS) is 32.3. The number of rotatable bonds is 2. The number of amides is 2. The van der Waals surface area contributed by atoms with Crippen LogP contribution in [-0.4, -0.2) is 76.9 Å². The van der Waals surface area contributed by atoms with E-state index in [9.17, 15) is 14.7 Å². The number of urea groups is 1. The number of carbonyl (C=O) groups excluding carboxylic acids is 1. The smallest absolute Gasteiger partial charge is 0.326 e. The number of nitrogens with one attached hydrogen (secondary N) is 1. The van der Waals surface area contributed by atoms with Crippen LogP contribution in [0.3, 0.4) is 0 Å². The van der Waals surface area contributed by atoms with Gasteiger partial charge in [-0.2, -0.15) is 0 Å². The van der Waals surface area contributed by atoms with Crippen LogP contribution in [0.1, 0.15) is 19.3 Å². The van der Waals surface area contributed by atoms with E-state index in [0.717, 1.165) is 25.9 Å². The maximum absolute atomic E-state index is 12.1. The van der Waals surface area contributed by atoms with Crippen molar-refractivity contribution in [2.45, 2.75) is 37.5 Å². The fourth-order valence-electron chi connectivity index (χ4n) is 2.81. The fraction of sp³-hybridized carbons (Fsp3) is 0.833. The van der Waals surface area contributed by atoms with Crippen molar-refractivity contribution in [1.29, 1.82) is 0 Å². The van der Waals surface area contributed by atoms with Crippen molar-refractivity contribution in [2.75, 3.05) is 26.7 Å². The highest BCUT2D eigenvalue weighted by atomic mass is 16.4. The summed E-state index contributed by atoms with van der Waals surface area (Å²) in [5.41, 5.74) is 0. The van der Waals surface area contributed by atoms with E-state index in [1.807, 2.05) is 7.05 Å². The number of hydrogen-bond acceptors (Lipinski definition) is 4. The van der Waals surface area contributed by atoms with E-state index >= 15 is 0 Å². The molecule has 0 aromatic carbocycles. The van der Waals surface area contributed by atoms with Gasteiger partial charge in [0.25, 0.3) is 0 Å². The van der Waals surface area contributed by atoms with Crippen LogP contribution in [0.25, 0.3) is 0 Å². The Labute approximate surface area is 112 Å². The SMILES string of the molecule is CN1CCCC(NC(=O)N2C[C@H](O)C[C@@H]2C(=O)O)C1. The first kappa shape index (κ1) is 14.1. The number of piperidine rings is 1.